The second-order valence-electron chi connectivity index (χ2n) is 8.33. The molecule has 0 heterocycles. The predicted octanol–water partition coefficient (Wildman–Crippen LogP) is 6.95. The van der Waals surface area contributed by atoms with Crippen LogP contribution in [0.4, 0.5) is 4.39 Å². The molecule has 184 valence electrons. The van der Waals surface area contributed by atoms with Gasteiger partial charge in [-0.2, -0.15) is 0 Å². The Morgan fingerprint density at radius 2 is 1.55 bits per heavy atom. The van der Waals surface area contributed by atoms with Crippen LogP contribution in [0.5, 0.6) is 11.5 Å². The van der Waals surface area contributed by atoms with E-state index in [0.717, 1.165) is 47.4 Å². The number of nitrogens with zero attached hydrogens (tertiary/aromatic N) is 1. The molecular weight excluding hydrogens is 483 g/mol. The Morgan fingerprint density at radius 1 is 0.879 bits per heavy atom. The first-order valence-corrected chi connectivity index (χ1v) is 13.1. The van der Waals surface area contributed by atoms with Crippen molar-refractivity contribution in [3.8, 4) is 11.5 Å². The van der Waals surface area contributed by atoms with Gasteiger partial charge in [0, 0.05) is 6.54 Å². The van der Waals surface area contributed by atoms with Crippen molar-refractivity contribution in [1.82, 2.24) is 10.2 Å². The molecule has 0 aliphatic rings. The first kappa shape index (κ1) is 27.6. The molecule has 2 aromatic rings. The molecule has 33 heavy (non-hydrogen) atoms. The lowest BCUT2D eigenvalue weighted by Gasteiger charge is -2.22. The Bertz CT molecular complexity index is 793. The van der Waals surface area contributed by atoms with E-state index < -0.39 is 0 Å². The summed E-state index contributed by atoms with van der Waals surface area (Å²) in [5, 5.41) is 3.57. The number of unbranched alkanes of at least 4 members (excludes halogenated alkanes) is 2. The summed E-state index contributed by atoms with van der Waals surface area (Å²) in [5.74, 6) is 1.14. The van der Waals surface area contributed by atoms with Crippen LogP contribution in [0.3, 0.4) is 0 Å². The summed E-state index contributed by atoms with van der Waals surface area (Å²) in [6.07, 6.45) is 6.21. The monoisotopic (exact) mass is 522 g/mol. The number of hydrogen-bond donors (Lipinski definition) is 1. The normalized spacial score (nSPS) is 11.2. The van der Waals surface area contributed by atoms with Crippen molar-refractivity contribution in [3.63, 3.8) is 0 Å². The minimum atomic E-state index is -0.249. The number of ether oxygens (including phenoxy) is 2. The fourth-order valence-electron chi connectivity index (χ4n) is 3.62. The largest absolute Gasteiger partial charge is 0.490 e. The van der Waals surface area contributed by atoms with Crippen LogP contribution >= 0.6 is 15.9 Å². The SMILES string of the molecule is CCCCN(CCCC)CCCNCc1cc(Br)c(OCc2ccc(F)cc2)c(OCC)c1. The van der Waals surface area contributed by atoms with Crippen LogP contribution in [0, 0.1) is 5.82 Å². The zero-order valence-electron chi connectivity index (χ0n) is 20.5. The van der Waals surface area contributed by atoms with Gasteiger partial charge in [-0.25, -0.2) is 4.39 Å². The lowest BCUT2D eigenvalue weighted by molar-refractivity contribution is 0.261. The van der Waals surface area contributed by atoms with Gasteiger partial charge in [0.15, 0.2) is 11.5 Å². The van der Waals surface area contributed by atoms with Gasteiger partial charge in [0.05, 0.1) is 11.1 Å². The topological polar surface area (TPSA) is 33.7 Å². The van der Waals surface area contributed by atoms with E-state index in [1.54, 1.807) is 12.1 Å². The molecule has 0 atom stereocenters. The minimum absolute atomic E-state index is 0.249. The molecule has 0 saturated carbocycles. The fourth-order valence-corrected chi connectivity index (χ4v) is 4.23. The van der Waals surface area contributed by atoms with Crippen molar-refractivity contribution < 1.29 is 13.9 Å². The van der Waals surface area contributed by atoms with Gasteiger partial charge in [-0.1, -0.05) is 38.8 Å². The Kier molecular flexibility index (Phi) is 13.5. The molecule has 4 nitrogen and oxygen atoms in total. The molecule has 0 aliphatic carbocycles. The Hall–Kier alpha value is -1.63. The van der Waals surface area contributed by atoms with Gasteiger partial charge in [-0.3, -0.25) is 0 Å². The van der Waals surface area contributed by atoms with Gasteiger partial charge in [0.1, 0.15) is 12.4 Å². The van der Waals surface area contributed by atoms with Crippen LogP contribution in [0.15, 0.2) is 40.9 Å². The average Bonchev–Trinajstić information content (AvgIpc) is 2.81. The van der Waals surface area contributed by atoms with Gasteiger partial charge >= 0.3 is 0 Å². The summed E-state index contributed by atoms with van der Waals surface area (Å²) in [6.45, 7) is 12.7. The van der Waals surface area contributed by atoms with Crippen LogP contribution in [0.2, 0.25) is 0 Å². The van der Waals surface area contributed by atoms with Gasteiger partial charge in [-0.15, -0.1) is 0 Å². The van der Waals surface area contributed by atoms with E-state index in [1.165, 1.54) is 50.9 Å². The molecule has 0 spiro atoms. The maximum Gasteiger partial charge on any atom is 0.175 e. The maximum absolute atomic E-state index is 13.1. The molecule has 0 aromatic heterocycles. The standard InChI is InChI=1S/C27H40BrFN2O2/c1-4-7-15-31(16-8-5-2)17-9-14-30-20-23-18-25(28)27(26(19-23)32-6-3)33-21-22-10-12-24(29)13-11-22/h10-13,18-19,30H,4-9,14-17,20-21H2,1-3H3. The van der Waals surface area contributed by atoms with Crippen molar-refractivity contribution in [1.29, 1.82) is 0 Å². The van der Waals surface area contributed by atoms with E-state index in [2.05, 4.69) is 46.1 Å². The number of halogens is 2. The highest BCUT2D eigenvalue weighted by Crippen LogP contribution is 2.37. The highest BCUT2D eigenvalue weighted by molar-refractivity contribution is 9.10. The van der Waals surface area contributed by atoms with Crippen LogP contribution in [0.1, 0.15) is 64.0 Å². The Labute approximate surface area is 208 Å². The smallest absolute Gasteiger partial charge is 0.175 e. The van der Waals surface area contributed by atoms with E-state index in [-0.39, 0.29) is 5.82 Å². The van der Waals surface area contributed by atoms with Crippen molar-refractivity contribution >= 4 is 15.9 Å². The van der Waals surface area contributed by atoms with E-state index in [4.69, 9.17) is 9.47 Å². The molecule has 6 heteroatoms. The van der Waals surface area contributed by atoms with Gasteiger partial charge in [-0.05, 0) is 104 Å². The molecule has 2 aromatic carbocycles. The van der Waals surface area contributed by atoms with E-state index in [0.29, 0.717) is 19.0 Å². The minimum Gasteiger partial charge on any atom is -0.490 e. The fraction of sp³-hybridized carbons (Fsp3) is 0.556. The summed E-state index contributed by atoms with van der Waals surface area (Å²) >= 11 is 3.64. The Morgan fingerprint density at radius 3 is 2.18 bits per heavy atom. The van der Waals surface area contributed by atoms with Gasteiger partial charge in [0.2, 0.25) is 0 Å². The van der Waals surface area contributed by atoms with E-state index in [1.807, 2.05) is 13.0 Å². The molecule has 0 amide bonds. The molecule has 0 aliphatic heterocycles. The first-order chi connectivity index (χ1) is 16.1. The van der Waals surface area contributed by atoms with Crippen LogP contribution in [0.25, 0.3) is 0 Å². The third kappa shape index (κ3) is 10.4. The molecule has 0 unspecified atom stereocenters. The summed E-state index contributed by atoms with van der Waals surface area (Å²) < 4.78 is 25.9. The lowest BCUT2D eigenvalue weighted by atomic mass is 10.2. The van der Waals surface area contributed by atoms with Gasteiger partial charge in [0.25, 0.3) is 0 Å². The average molecular weight is 524 g/mol. The zero-order chi connectivity index (χ0) is 23.9. The molecule has 0 bridgehead atoms. The summed E-state index contributed by atoms with van der Waals surface area (Å²) in [6, 6.07) is 10.5. The lowest BCUT2D eigenvalue weighted by Crippen LogP contribution is -2.29. The molecule has 0 saturated heterocycles. The number of hydrogen-bond acceptors (Lipinski definition) is 4. The zero-order valence-corrected chi connectivity index (χ0v) is 22.1. The van der Waals surface area contributed by atoms with Crippen LogP contribution in [-0.4, -0.2) is 37.7 Å². The third-order valence-electron chi connectivity index (χ3n) is 5.48. The van der Waals surface area contributed by atoms with Crippen molar-refractivity contribution in [3.05, 3.63) is 57.8 Å². The molecule has 1 N–H and O–H groups in total. The van der Waals surface area contributed by atoms with Crippen LogP contribution in [-0.2, 0) is 13.2 Å². The second kappa shape index (κ2) is 16.1. The molecule has 0 fully saturated rings. The van der Waals surface area contributed by atoms with Crippen molar-refractivity contribution in [2.75, 3.05) is 32.8 Å². The summed E-state index contributed by atoms with van der Waals surface area (Å²) in [5.41, 5.74) is 2.05. The third-order valence-corrected chi connectivity index (χ3v) is 6.07. The predicted molar refractivity (Wildman–Crippen MR) is 139 cm³/mol. The quantitative estimate of drug-likeness (QED) is 0.228. The highest BCUT2D eigenvalue weighted by atomic mass is 79.9. The van der Waals surface area contributed by atoms with Crippen molar-refractivity contribution in [2.45, 2.75) is 66.0 Å². The first-order valence-electron chi connectivity index (χ1n) is 12.3. The van der Waals surface area contributed by atoms with E-state index >= 15 is 0 Å². The molecule has 2 rings (SSSR count). The van der Waals surface area contributed by atoms with E-state index in [9.17, 15) is 4.39 Å². The van der Waals surface area contributed by atoms with Gasteiger partial charge < -0.3 is 19.7 Å². The Balaban J connectivity index is 1.87. The maximum atomic E-state index is 13.1. The number of rotatable bonds is 17. The summed E-state index contributed by atoms with van der Waals surface area (Å²) in [4.78, 5) is 2.60. The molecule has 0 radical (unpaired) electrons. The molecular formula is C27H40BrFN2O2. The van der Waals surface area contributed by atoms with Crippen LogP contribution < -0.4 is 14.8 Å². The van der Waals surface area contributed by atoms with Crippen molar-refractivity contribution in [2.24, 2.45) is 0 Å². The second-order valence-corrected chi connectivity index (χ2v) is 9.19. The summed E-state index contributed by atoms with van der Waals surface area (Å²) in [7, 11) is 0. The number of nitrogens with one attached hydrogen (secondary N) is 1. The number of benzene rings is 2. The highest BCUT2D eigenvalue weighted by Gasteiger charge is 2.13.